The van der Waals surface area contributed by atoms with Crippen LogP contribution in [0.3, 0.4) is 0 Å². The minimum absolute atomic E-state index is 0.00236. The van der Waals surface area contributed by atoms with Crippen LogP contribution in [-0.4, -0.2) is 41.0 Å². The third-order valence-corrected chi connectivity index (χ3v) is 7.02. The van der Waals surface area contributed by atoms with Crippen LogP contribution in [-0.2, 0) is 4.74 Å². The minimum Gasteiger partial charge on any atom is -0.487 e. The highest BCUT2D eigenvalue weighted by atomic mass is 19.4. The van der Waals surface area contributed by atoms with Crippen molar-refractivity contribution < 1.29 is 36.2 Å². The first-order chi connectivity index (χ1) is 20.6. The normalized spacial score (nSPS) is 13.0. The summed E-state index contributed by atoms with van der Waals surface area (Å²) in [4.78, 5) is 21.0. The summed E-state index contributed by atoms with van der Waals surface area (Å²) in [6.07, 6.45) is 1.73. The predicted octanol–water partition coefficient (Wildman–Crippen LogP) is 9.70. The van der Waals surface area contributed by atoms with Crippen molar-refractivity contribution in [1.29, 1.82) is 0 Å². The maximum absolute atomic E-state index is 14.6. The molecular weight excluding hydrogens is 567 g/mol. The van der Waals surface area contributed by atoms with Crippen LogP contribution < -0.4 is 4.74 Å². The van der Waals surface area contributed by atoms with Gasteiger partial charge in [0.2, 0.25) is 0 Å². The Bertz CT molecular complexity index is 1270. The molecule has 2 atom stereocenters. The zero-order chi connectivity index (χ0) is 31.2. The molecule has 0 radical (unpaired) electrons. The van der Waals surface area contributed by atoms with Gasteiger partial charge < -0.3 is 9.47 Å². The van der Waals surface area contributed by atoms with Crippen LogP contribution in [0.2, 0.25) is 0 Å². The van der Waals surface area contributed by atoms with Gasteiger partial charge in [0.15, 0.2) is 23.5 Å². The Kier molecular flexibility index (Phi) is 13.3. The van der Waals surface area contributed by atoms with Gasteiger partial charge in [-0.3, -0.25) is 0 Å². The number of halogens is 5. The van der Waals surface area contributed by atoms with Gasteiger partial charge >= 0.3 is 12.1 Å². The first-order valence-corrected chi connectivity index (χ1v) is 14.9. The highest BCUT2D eigenvalue weighted by Crippen LogP contribution is 2.29. The molecular formula is C33H39F5N2O3. The van der Waals surface area contributed by atoms with Crippen LogP contribution in [0, 0.1) is 5.82 Å². The highest BCUT2D eigenvalue weighted by Gasteiger charge is 2.42. The average molecular weight is 607 g/mol. The number of rotatable bonds is 17. The van der Waals surface area contributed by atoms with Crippen LogP contribution in [0.5, 0.6) is 5.75 Å². The summed E-state index contributed by atoms with van der Waals surface area (Å²) in [5.74, 6) is -1.49. The molecule has 3 aromatic rings. The molecule has 0 aliphatic rings. The van der Waals surface area contributed by atoms with Crippen molar-refractivity contribution in [3.8, 4) is 28.3 Å². The number of nitrogens with zero attached hydrogens (tertiary/aromatic N) is 2. The summed E-state index contributed by atoms with van der Waals surface area (Å²) in [6, 6.07) is 10.1. The molecule has 2 aromatic carbocycles. The molecule has 43 heavy (non-hydrogen) atoms. The fraction of sp³-hybridized carbons (Fsp3) is 0.485. The Hall–Kier alpha value is -3.56. The number of ether oxygens (including phenoxy) is 2. The Balaban J connectivity index is 1.58. The van der Waals surface area contributed by atoms with Gasteiger partial charge in [-0.15, -0.1) is 0 Å². The Morgan fingerprint density at radius 1 is 0.814 bits per heavy atom. The van der Waals surface area contributed by atoms with E-state index in [4.69, 9.17) is 9.47 Å². The number of unbranched alkanes of at least 4 members (excludes halogenated alkanes) is 6. The fourth-order valence-electron chi connectivity index (χ4n) is 4.48. The van der Waals surface area contributed by atoms with E-state index in [0.29, 0.717) is 36.0 Å². The standard InChI is InChI=1S/C33H39F5N2O3/c1-3-5-7-9-11-27(34)22-42-29-18-17-25(19-28(29)35)31-39-20-26(21-40-31)23-13-15-24(16-14-23)32(41)43-30(33(36,37)38)12-10-8-6-4-2/h13-21,27,30H,3-12,22H2,1-2H3. The molecule has 0 aliphatic heterocycles. The lowest BCUT2D eigenvalue weighted by Crippen LogP contribution is -2.33. The van der Waals surface area contributed by atoms with Crippen LogP contribution in [0.15, 0.2) is 54.9 Å². The van der Waals surface area contributed by atoms with Crippen molar-refractivity contribution in [2.24, 2.45) is 0 Å². The molecule has 3 rings (SSSR count). The van der Waals surface area contributed by atoms with Crippen molar-refractivity contribution in [1.82, 2.24) is 9.97 Å². The van der Waals surface area contributed by atoms with Gasteiger partial charge in [-0.2, -0.15) is 13.2 Å². The summed E-state index contributed by atoms with van der Waals surface area (Å²) in [5, 5.41) is 0. The molecule has 1 heterocycles. The van der Waals surface area contributed by atoms with Crippen molar-refractivity contribution in [3.63, 3.8) is 0 Å². The number of alkyl halides is 4. The summed E-state index contributed by atoms with van der Waals surface area (Å²) in [7, 11) is 0. The number of aromatic nitrogens is 2. The first-order valence-electron chi connectivity index (χ1n) is 14.9. The summed E-state index contributed by atoms with van der Waals surface area (Å²) in [5.41, 5.74) is 1.61. The smallest absolute Gasteiger partial charge is 0.425 e. The van der Waals surface area contributed by atoms with Crippen molar-refractivity contribution in [2.45, 2.75) is 96.5 Å². The van der Waals surface area contributed by atoms with E-state index >= 15 is 0 Å². The van der Waals surface area contributed by atoms with E-state index in [2.05, 4.69) is 16.9 Å². The number of carbonyl (C=O) groups is 1. The zero-order valence-corrected chi connectivity index (χ0v) is 24.6. The van der Waals surface area contributed by atoms with E-state index in [1.165, 1.54) is 36.7 Å². The minimum atomic E-state index is -4.64. The molecule has 0 bridgehead atoms. The van der Waals surface area contributed by atoms with Crippen molar-refractivity contribution in [2.75, 3.05) is 6.61 Å². The Morgan fingerprint density at radius 2 is 1.42 bits per heavy atom. The molecule has 2 unspecified atom stereocenters. The topological polar surface area (TPSA) is 61.3 Å². The lowest BCUT2D eigenvalue weighted by molar-refractivity contribution is -0.206. The molecule has 0 spiro atoms. The van der Waals surface area contributed by atoms with Crippen LogP contribution in [0.4, 0.5) is 22.0 Å². The number of hydrogen-bond donors (Lipinski definition) is 0. The SMILES string of the molecule is CCCCCCC(F)COc1ccc(-c2ncc(-c3ccc(C(=O)OC(CCCCCC)C(F)(F)F)cc3)cn2)cc1F. The average Bonchev–Trinajstić information content (AvgIpc) is 2.99. The molecule has 0 N–H and O–H groups in total. The Labute approximate surface area is 249 Å². The maximum Gasteiger partial charge on any atom is 0.425 e. The summed E-state index contributed by atoms with van der Waals surface area (Å²) < 4.78 is 79.0. The third kappa shape index (κ3) is 10.9. The second-order valence-electron chi connectivity index (χ2n) is 10.6. The van der Waals surface area contributed by atoms with E-state index in [0.717, 1.165) is 38.5 Å². The number of esters is 1. The van der Waals surface area contributed by atoms with Gasteiger partial charge in [0.1, 0.15) is 12.8 Å². The third-order valence-electron chi connectivity index (χ3n) is 7.02. The Morgan fingerprint density at radius 3 is 2.00 bits per heavy atom. The van der Waals surface area contributed by atoms with Crippen LogP contribution in [0.25, 0.3) is 22.5 Å². The fourth-order valence-corrected chi connectivity index (χ4v) is 4.48. The second kappa shape index (κ2) is 16.9. The number of benzene rings is 2. The second-order valence-corrected chi connectivity index (χ2v) is 10.6. The number of hydrogen-bond acceptors (Lipinski definition) is 5. The van der Waals surface area contributed by atoms with Gasteiger partial charge in [-0.1, -0.05) is 70.9 Å². The van der Waals surface area contributed by atoms with Crippen molar-refractivity contribution >= 4 is 5.97 Å². The number of carbonyl (C=O) groups excluding carboxylic acids is 1. The molecule has 10 heteroatoms. The lowest BCUT2D eigenvalue weighted by atomic mass is 10.1. The predicted molar refractivity (Wildman–Crippen MR) is 156 cm³/mol. The quantitative estimate of drug-likeness (QED) is 0.0870. The van der Waals surface area contributed by atoms with Crippen LogP contribution in [0.1, 0.15) is 88.4 Å². The molecule has 234 valence electrons. The van der Waals surface area contributed by atoms with Gasteiger partial charge in [0.25, 0.3) is 0 Å². The molecule has 1 aromatic heterocycles. The van der Waals surface area contributed by atoms with Gasteiger partial charge in [0, 0.05) is 23.5 Å². The lowest BCUT2D eigenvalue weighted by Gasteiger charge is -2.20. The molecule has 5 nitrogen and oxygen atoms in total. The summed E-state index contributed by atoms with van der Waals surface area (Å²) in [6.45, 7) is 3.83. The van der Waals surface area contributed by atoms with Crippen LogP contribution >= 0.6 is 0 Å². The van der Waals surface area contributed by atoms with E-state index < -0.39 is 30.2 Å². The molecule has 0 saturated carbocycles. The maximum atomic E-state index is 14.6. The van der Waals surface area contributed by atoms with Gasteiger partial charge in [-0.05, 0) is 55.2 Å². The van der Waals surface area contributed by atoms with E-state index in [1.807, 2.05) is 6.92 Å². The molecule has 0 fully saturated rings. The van der Waals surface area contributed by atoms with Crippen molar-refractivity contribution in [3.05, 3.63) is 66.2 Å². The highest BCUT2D eigenvalue weighted by molar-refractivity contribution is 5.90. The largest absolute Gasteiger partial charge is 0.487 e. The first kappa shape index (κ1) is 33.9. The molecule has 0 saturated heterocycles. The van der Waals surface area contributed by atoms with Gasteiger partial charge in [0.05, 0.1) is 5.56 Å². The van der Waals surface area contributed by atoms with E-state index in [1.54, 1.807) is 18.2 Å². The summed E-state index contributed by atoms with van der Waals surface area (Å²) >= 11 is 0. The monoisotopic (exact) mass is 606 g/mol. The van der Waals surface area contributed by atoms with E-state index in [9.17, 15) is 26.7 Å². The van der Waals surface area contributed by atoms with E-state index in [-0.39, 0.29) is 30.2 Å². The van der Waals surface area contributed by atoms with Gasteiger partial charge in [-0.25, -0.2) is 23.5 Å². The molecule has 0 amide bonds. The molecule has 0 aliphatic carbocycles. The zero-order valence-electron chi connectivity index (χ0n) is 24.6.